The number of furan rings is 1. The van der Waals surface area contributed by atoms with Crippen molar-refractivity contribution >= 4 is 32.1 Å². The van der Waals surface area contributed by atoms with E-state index in [0.29, 0.717) is 5.76 Å². The van der Waals surface area contributed by atoms with Crippen LogP contribution in [0.4, 0.5) is 5.69 Å². The summed E-state index contributed by atoms with van der Waals surface area (Å²) in [5, 5.41) is 31.7. The number of nitrogens with one attached hydrogen (secondary N) is 1. The summed E-state index contributed by atoms with van der Waals surface area (Å²) in [5.41, 5.74) is 2.14. The van der Waals surface area contributed by atoms with Crippen LogP contribution in [0, 0.1) is 11.3 Å². The number of benzene rings is 2. The van der Waals surface area contributed by atoms with E-state index < -0.39 is 33.2 Å². The Bertz CT molecular complexity index is 1470. The first-order chi connectivity index (χ1) is 18.2. The summed E-state index contributed by atoms with van der Waals surface area (Å²) >= 11 is 0. The molecule has 1 aromatic heterocycles. The predicted octanol–water partition coefficient (Wildman–Crippen LogP) is 3.63. The van der Waals surface area contributed by atoms with Crippen molar-refractivity contribution < 1.29 is 27.8 Å². The summed E-state index contributed by atoms with van der Waals surface area (Å²) < 4.78 is 39.5. The zero-order valence-electron chi connectivity index (χ0n) is 21.7. The van der Waals surface area contributed by atoms with E-state index in [2.05, 4.69) is 41.7 Å². The smallest absolute Gasteiger partial charge is 0.251 e. The number of rotatable bonds is 9. The van der Waals surface area contributed by atoms with Crippen molar-refractivity contribution in [2.45, 2.75) is 45.5 Å². The van der Waals surface area contributed by atoms with Crippen LogP contribution in [-0.2, 0) is 14.8 Å². The van der Waals surface area contributed by atoms with Gasteiger partial charge in [0.05, 0.1) is 12.2 Å². The average Bonchev–Trinajstić information content (AvgIpc) is 3.41. The molecule has 0 unspecified atom stereocenters. The number of ether oxygens (including phenoxy) is 1. The molecule has 3 atom stereocenters. The molecule has 0 bridgehead atoms. The van der Waals surface area contributed by atoms with Gasteiger partial charge >= 0.3 is 0 Å². The second-order valence-corrected chi connectivity index (χ2v) is 11.0. The van der Waals surface area contributed by atoms with E-state index in [-0.39, 0.29) is 30.9 Å². The highest BCUT2D eigenvalue weighted by molar-refractivity contribution is 7.93. The number of aliphatic hydroxyl groups excluding tert-OH is 2. The molecule has 2 aromatic carbocycles. The SMILES string of the molecule is CCN(CC)c1ccc2cc(-c3ccc(/C(C)=C(\C#N)S(=O)(=O)NC[C@H]4OCC[C@@H](O)[C@@H]4O)o3)ccc2c1. The number of sulfonamides is 1. The Balaban J connectivity index is 1.56. The monoisotopic (exact) mass is 539 g/mol. The van der Waals surface area contributed by atoms with Gasteiger partial charge in [-0.25, -0.2) is 13.1 Å². The van der Waals surface area contributed by atoms with Gasteiger partial charge < -0.3 is 24.3 Å². The maximum absolute atomic E-state index is 12.9. The van der Waals surface area contributed by atoms with Gasteiger partial charge in [0, 0.05) is 43.1 Å². The van der Waals surface area contributed by atoms with Gasteiger partial charge in [0.25, 0.3) is 10.0 Å². The molecule has 0 spiro atoms. The molecule has 1 saturated heterocycles. The Labute approximate surface area is 223 Å². The third-order valence-corrected chi connectivity index (χ3v) is 8.40. The average molecular weight is 540 g/mol. The highest BCUT2D eigenvalue weighted by Gasteiger charge is 2.33. The minimum absolute atomic E-state index is 0.154. The number of nitriles is 1. The molecule has 0 saturated carbocycles. The van der Waals surface area contributed by atoms with Gasteiger partial charge in [-0.1, -0.05) is 18.2 Å². The maximum Gasteiger partial charge on any atom is 0.251 e. The number of hydrogen-bond acceptors (Lipinski definition) is 8. The molecule has 202 valence electrons. The van der Waals surface area contributed by atoms with Crippen LogP contribution in [0.5, 0.6) is 0 Å². The molecular formula is C28H33N3O6S. The summed E-state index contributed by atoms with van der Waals surface area (Å²) in [4.78, 5) is 1.79. The van der Waals surface area contributed by atoms with Crippen LogP contribution < -0.4 is 9.62 Å². The molecule has 1 fully saturated rings. The Hall–Kier alpha value is -3.20. The second kappa shape index (κ2) is 11.7. The molecule has 0 amide bonds. The van der Waals surface area contributed by atoms with E-state index in [4.69, 9.17) is 9.15 Å². The zero-order valence-corrected chi connectivity index (χ0v) is 22.5. The largest absolute Gasteiger partial charge is 0.456 e. The minimum Gasteiger partial charge on any atom is -0.456 e. The molecule has 2 heterocycles. The van der Waals surface area contributed by atoms with Crippen LogP contribution >= 0.6 is 0 Å². The molecule has 3 N–H and O–H groups in total. The summed E-state index contributed by atoms with van der Waals surface area (Å²) in [6.45, 7) is 7.53. The number of hydrogen-bond donors (Lipinski definition) is 3. The summed E-state index contributed by atoms with van der Waals surface area (Å²) in [7, 11) is -4.23. The molecule has 0 radical (unpaired) electrons. The van der Waals surface area contributed by atoms with Crippen molar-refractivity contribution in [2.24, 2.45) is 0 Å². The van der Waals surface area contributed by atoms with Crippen molar-refractivity contribution in [3.8, 4) is 17.4 Å². The van der Waals surface area contributed by atoms with Gasteiger partial charge in [0.2, 0.25) is 0 Å². The minimum atomic E-state index is -4.23. The van der Waals surface area contributed by atoms with E-state index >= 15 is 0 Å². The van der Waals surface area contributed by atoms with Crippen molar-refractivity contribution in [3.05, 3.63) is 59.2 Å². The highest BCUT2D eigenvalue weighted by atomic mass is 32.2. The maximum atomic E-state index is 12.9. The van der Waals surface area contributed by atoms with E-state index in [1.165, 1.54) is 6.92 Å². The Morgan fingerprint density at radius 3 is 2.53 bits per heavy atom. The van der Waals surface area contributed by atoms with Crippen LogP contribution in [0.2, 0.25) is 0 Å². The number of aliphatic hydroxyl groups is 2. The van der Waals surface area contributed by atoms with Gasteiger partial charge in [-0.2, -0.15) is 5.26 Å². The number of fused-ring (bicyclic) bond motifs is 1. The predicted molar refractivity (Wildman–Crippen MR) is 147 cm³/mol. The molecule has 10 heteroatoms. The van der Waals surface area contributed by atoms with Crippen LogP contribution in [0.3, 0.4) is 0 Å². The quantitative estimate of drug-likeness (QED) is 0.351. The standard InChI is InChI=1S/C28H33N3O6S/c1-4-31(5-2)22-9-8-19-14-21(7-6-20(19)15-22)25-11-10-24(37-25)18(3)27(16-29)38(34,35)30-17-26-28(33)23(32)12-13-36-26/h6-11,14-15,23,26,28,30,32-33H,4-5,12-13,17H2,1-3H3/b27-18+/t23-,26-,28+/m1/s1. The Kier molecular flexibility index (Phi) is 8.55. The number of nitrogens with zero attached hydrogens (tertiary/aromatic N) is 2. The molecule has 9 nitrogen and oxygen atoms in total. The van der Waals surface area contributed by atoms with Gasteiger partial charge in [-0.05, 0) is 68.3 Å². The first-order valence-corrected chi connectivity index (χ1v) is 14.1. The normalized spacial score (nSPS) is 20.7. The van der Waals surface area contributed by atoms with Crippen molar-refractivity contribution in [1.82, 2.24) is 4.72 Å². The van der Waals surface area contributed by atoms with Crippen LogP contribution in [-0.4, -0.2) is 63.2 Å². The van der Waals surface area contributed by atoms with E-state index in [1.807, 2.05) is 18.2 Å². The van der Waals surface area contributed by atoms with Gasteiger partial charge in [0.15, 0.2) is 4.91 Å². The lowest BCUT2D eigenvalue weighted by atomic mass is 10.0. The van der Waals surface area contributed by atoms with Crippen LogP contribution in [0.15, 0.2) is 57.9 Å². The molecule has 4 rings (SSSR count). The molecule has 1 aliphatic heterocycles. The fraction of sp³-hybridized carbons (Fsp3) is 0.393. The summed E-state index contributed by atoms with van der Waals surface area (Å²) in [6, 6.07) is 17.4. The molecule has 1 aliphatic rings. The number of anilines is 1. The number of allylic oxidation sites excluding steroid dienone is 2. The Morgan fingerprint density at radius 1 is 1.11 bits per heavy atom. The van der Waals surface area contributed by atoms with Crippen molar-refractivity contribution in [1.29, 1.82) is 5.26 Å². The van der Waals surface area contributed by atoms with E-state index in [9.17, 15) is 23.9 Å². The summed E-state index contributed by atoms with van der Waals surface area (Å²) in [5.74, 6) is 0.799. The molecular weight excluding hydrogens is 506 g/mol. The lowest BCUT2D eigenvalue weighted by Gasteiger charge is -2.31. The molecule has 3 aromatic rings. The van der Waals surface area contributed by atoms with Gasteiger partial charge in [0.1, 0.15) is 23.7 Å². The van der Waals surface area contributed by atoms with Gasteiger partial charge in [-0.15, -0.1) is 0 Å². The third-order valence-electron chi connectivity index (χ3n) is 6.92. The molecule has 0 aliphatic carbocycles. The van der Waals surface area contributed by atoms with Crippen molar-refractivity contribution in [3.63, 3.8) is 0 Å². The lowest BCUT2D eigenvalue weighted by molar-refractivity contribution is -0.131. The summed E-state index contributed by atoms with van der Waals surface area (Å²) in [6.07, 6.45) is -2.87. The van der Waals surface area contributed by atoms with Gasteiger partial charge in [-0.3, -0.25) is 0 Å². The fourth-order valence-electron chi connectivity index (χ4n) is 4.62. The third kappa shape index (κ3) is 5.77. The van der Waals surface area contributed by atoms with Crippen LogP contribution in [0.25, 0.3) is 27.7 Å². The molecule has 38 heavy (non-hydrogen) atoms. The van der Waals surface area contributed by atoms with Crippen molar-refractivity contribution in [2.75, 3.05) is 31.1 Å². The fourth-order valence-corrected chi connectivity index (χ4v) is 5.78. The topological polar surface area (TPSA) is 136 Å². The Morgan fingerprint density at radius 2 is 1.82 bits per heavy atom. The second-order valence-electron chi connectivity index (χ2n) is 9.26. The lowest BCUT2D eigenvalue weighted by Crippen LogP contribution is -2.49. The van der Waals surface area contributed by atoms with Crippen LogP contribution in [0.1, 0.15) is 33.0 Å². The zero-order chi connectivity index (χ0) is 27.4. The van der Waals surface area contributed by atoms with E-state index in [0.717, 1.165) is 35.1 Å². The highest BCUT2D eigenvalue weighted by Crippen LogP contribution is 2.31. The van der Waals surface area contributed by atoms with E-state index in [1.54, 1.807) is 18.2 Å². The first kappa shape index (κ1) is 27.8. The first-order valence-electron chi connectivity index (χ1n) is 12.7.